The molecule has 0 bridgehead atoms. The van der Waals surface area contributed by atoms with Gasteiger partial charge in [-0.2, -0.15) is 0 Å². The number of halogens is 2. The molecule has 0 aliphatic rings. The first-order valence-electron chi connectivity index (χ1n) is 6.37. The summed E-state index contributed by atoms with van der Waals surface area (Å²) >= 11 is 6.93. The lowest BCUT2D eigenvalue weighted by molar-refractivity contribution is 0.367. The van der Waals surface area contributed by atoms with Crippen LogP contribution < -0.4 is 9.47 Å². The summed E-state index contributed by atoms with van der Waals surface area (Å²) in [6.07, 6.45) is 6.99. The fraction of sp³-hybridized carbons (Fsp3) is 0.118. The average molecular weight is 423 g/mol. The Hall–Kier alpha value is -1.77. The van der Waals surface area contributed by atoms with Crippen molar-refractivity contribution in [2.45, 2.75) is 0 Å². The SMILES string of the molecule is C#CCOc1c(Br)cc(Br)cc1C=Nc1ccc(OC)cc1. The molecular weight excluding hydrogens is 410 g/mol. The zero-order valence-corrected chi connectivity index (χ0v) is 15.0. The number of benzene rings is 2. The molecule has 0 radical (unpaired) electrons. The minimum atomic E-state index is 0.198. The van der Waals surface area contributed by atoms with Gasteiger partial charge in [-0.05, 0) is 52.3 Å². The second-order valence-electron chi connectivity index (χ2n) is 4.25. The minimum Gasteiger partial charge on any atom is -0.497 e. The van der Waals surface area contributed by atoms with Gasteiger partial charge in [0.2, 0.25) is 0 Å². The molecule has 22 heavy (non-hydrogen) atoms. The second-order valence-corrected chi connectivity index (χ2v) is 6.02. The van der Waals surface area contributed by atoms with Gasteiger partial charge in [-0.25, -0.2) is 0 Å². The Morgan fingerprint density at radius 1 is 1.23 bits per heavy atom. The van der Waals surface area contributed by atoms with E-state index in [1.807, 2.05) is 36.4 Å². The van der Waals surface area contributed by atoms with Crippen molar-refractivity contribution in [1.82, 2.24) is 0 Å². The molecule has 0 aromatic heterocycles. The Morgan fingerprint density at radius 2 is 1.95 bits per heavy atom. The van der Waals surface area contributed by atoms with Crippen LogP contribution >= 0.6 is 31.9 Å². The summed E-state index contributed by atoms with van der Waals surface area (Å²) in [4.78, 5) is 4.45. The number of nitrogens with zero attached hydrogens (tertiary/aromatic N) is 1. The van der Waals surface area contributed by atoms with Gasteiger partial charge in [0.25, 0.3) is 0 Å². The monoisotopic (exact) mass is 421 g/mol. The van der Waals surface area contributed by atoms with Crippen LogP contribution in [-0.2, 0) is 0 Å². The molecule has 0 heterocycles. The molecule has 112 valence electrons. The van der Waals surface area contributed by atoms with Crippen LogP contribution in [0.15, 0.2) is 50.3 Å². The van der Waals surface area contributed by atoms with Gasteiger partial charge in [0.15, 0.2) is 0 Å². The first-order chi connectivity index (χ1) is 10.6. The lowest BCUT2D eigenvalue weighted by atomic mass is 10.2. The molecule has 0 amide bonds. The molecular formula is C17H13Br2NO2. The topological polar surface area (TPSA) is 30.8 Å². The van der Waals surface area contributed by atoms with Crippen molar-refractivity contribution in [2.24, 2.45) is 4.99 Å². The van der Waals surface area contributed by atoms with Crippen LogP contribution in [-0.4, -0.2) is 19.9 Å². The number of hydrogen-bond donors (Lipinski definition) is 0. The summed E-state index contributed by atoms with van der Waals surface area (Å²) < 4.78 is 12.4. The van der Waals surface area contributed by atoms with E-state index in [0.717, 1.165) is 25.9 Å². The highest BCUT2D eigenvalue weighted by Crippen LogP contribution is 2.32. The Balaban J connectivity index is 2.30. The number of hydrogen-bond acceptors (Lipinski definition) is 3. The molecule has 0 aliphatic heterocycles. The summed E-state index contributed by atoms with van der Waals surface area (Å²) in [5.41, 5.74) is 1.65. The third kappa shape index (κ3) is 4.36. The molecule has 2 aromatic carbocycles. The van der Waals surface area contributed by atoms with E-state index in [9.17, 15) is 0 Å². The van der Waals surface area contributed by atoms with Crippen molar-refractivity contribution in [3.63, 3.8) is 0 Å². The van der Waals surface area contributed by atoms with Gasteiger partial charge >= 0.3 is 0 Å². The summed E-state index contributed by atoms with van der Waals surface area (Å²) in [5.74, 6) is 3.92. The summed E-state index contributed by atoms with van der Waals surface area (Å²) in [5, 5.41) is 0. The van der Waals surface area contributed by atoms with Crippen LogP contribution in [0.2, 0.25) is 0 Å². The van der Waals surface area contributed by atoms with Crippen molar-refractivity contribution < 1.29 is 9.47 Å². The van der Waals surface area contributed by atoms with Crippen molar-refractivity contribution >= 4 is 43.8 Å². The highest BCUT2D eigenvalue weighted by Gasteiger charge is 2.08. The normalized spacial score (nSPS) is 10.5. The molecule has 2 aromatic rings. The van der Waals surface area contributed by atoms with Crippen LogP contribution in [0.5, 0.6) is 11.5 Å². The quantitative estimate of drug-likeness (QED) is 0.502. The maximum atomic E-state index is 5.58. The van der Waals surface area contributed by atoms with E-state index in [4.69, 9.17) is 15.9 Å². The van der Waals surface area contributed by atoms with Crippen LogP contribution in [0.4, 0.5) is 5.69 Å². The van der Waals surface area contributed by atoms with Gasteiger partial charge in [0.1, 0.15) is 18.1 Å². The molecule has 0 aliphatic carbocycles. The van der Waals surface area contributed by atoms with Gasteiger partial charge in [-0.3, -0.25) is 4.99 Å². The standard InChI is InChI=1S/C17H13Br2NO2/c1-3-8-22-17-12(9-13(18)10-16(17)19)11-20-14-4-6-15(21-2)7-5-14/h1,4-7,9-11H,8H2,2H3. The molecule has 0 fully saturated rings. The summed E-state index contributed by atoms with van der Waals surface area (Å²) in [7, 11) is 1.63. The zero-order chi connectivity index (χ0) is 15.9. The van der Waals surface area contributed by atoms with E-state index in [0.29, 0.717) is 5.75 Å². The van der Waals surface area contributed by atoms with Crippen LogP contribution in [0.3, 0.4) is 0 Å². The van der Waals surface area contributed by atoms with Crippen LogP contribution in [0, 0.1) is 12.3 Å². The largest absolute Gasteiger partial charge is 0.497 e. The molecule has 0 atom stereocenters. The highest BCUT2D eigenvalue weighted by molar-refractivity contribution is 9.11. The van der Waals surface area contributed by atoms with Crippen molar-refractivity contribution in [2.75, 3.05) is 13.7 Å². The van der Waals surface area contributed by atoms with Crippen molar-refractivity contribution in [3.8, 4) is 23.8 Å². The predicted octanol–water partition coefficient (Wildman–Crippen LogP) is 4.98. The number of aliphatic imine (C=N–C) groups is 1. The van der Waals surface area contributed by atoms with Gasteiger partial charge in [0, 0.05) is 16.3 Å². The van der Waals surface area contributed by atoms with Gasteiger partial charge in [0.05, 0.1) is 17.3 Å². The van der Waals surface area contributed by atoms with Crippen LogP contribution in [0.1, 0.15) is 5.56 Å². The molecule has 5 heteroatoms. The number of terminal acetylenes is 1. The maximum absolute atomic E-state index is 5.58. The highest BCUT2D eigenvalue weighted by atomic mass is 79.9. The van der Waals surface area contributed by atoms with Crippen LogP contribution in [0.25, 0.3) is 0 Å². The Labute approximate surface area is 146 Å². The Kier molecular flexibility index (Phi) is 6.05. The smallest absolute Gasteiger partial charge is 0.148 e. The molecule has 0 spiro atoms. The van der Waals surface area contributed by atoms with Gasteiger partial charge in [-0.1, -0.05) is 21.9 Å². The average Bonchev–Trinajstić information content (AvgIpc) is 2.52. The van der Waals surface area contributed by atoms with Gasteiger partial charge < -0.3 is 9.47 Å². The third-order valence-electron chi connectivity index (χ3n) is 2.76. The second kappa shape index (κ2) is 8.02. The van der Waals surface area contributed by atoms with E-state index in [1.165, 1.54) is 0 Å². The van der Waals surface area contributed by atoms with E-state index >= 15 is 0 Å². The number of methoxy groups -OCH3 is 1. The first-order valence-corrected chi connectivity index (χ1v) is 7.96. The lowest BCUT2D eigenvalue weighted by Crippen LogP contribution is -1.98. The van der Waals surface area contributed by atoms with E-state index in [-0.39, 0.29) is 6.61 Å². The van der Waals surface area contributed by atoms with E-state index in [2.05, 4.69) is 42.8 Å². The maximum Gasteiger partial charge on any atom is 0.148 e. The predicted molar refractivity (Wildman–Crippen MR) is 96.4 cm³/mol. The molecule has 0 N–H and O–H groups in total. The fourth-order valence-corrected chi connectivity index (χ4v) is 3.13. The molecule has 3 nitrogen and oxygen atoms in total. The molecule has 0 saturated heterocycles. The third-order valence-corrected chi connectivity index (χ3v) is 3.81. The summed E-state index contributed by atoms with van der Waals surface area (Å²) in [6.45, 7) is 0.198. The minimum absolute atomic E-state index is 0.198. The Morgan fingerprint density at radius 3 is 2.59 bits per heavy atom. The van der Waals surface area contributed by atoms with Crippen molar-refractivity contribution in [3.05, 3.63) is 50.9 Å². The number of ether oxygens (including phenoxy) is 2. The van der Waals surface area contributed by atoms with Gasteiger partial charge in [-0.15, -0.1) is 6.42 Å². The molecule has 0 saturated carbocycles. The first kappa shape index (κ1) is 16.6. The Bertz CT molecular complexity index is 719. The van der Waals surface area contributed by atoms with E-state index < -0.39 is 0 Å². The number of rotatable bonds is 5. The molecule has 2 rings (SSSR count). The van der Waals surface area contributed by atoms with E-state index in [1.54, 1.807) is 13.3 Å². The summed E-state index contributed by atoms with van der Waals surface area (Å²) in [6, 6.07) is 11.3. The molecule has 0 unspecified atom stereocenters. The van der Waals surface area contributed by atoms with Crippen molar-refractivity contribution in [1.29, 1.82) is 0 Å². The lowest BCUT2D eigenvalue weighted by Gasteiger charge is -2.09. The fourth-order valence-electron chi connectivity index (χ4n) is 1.75. The zero-order valence-electron chi connectivity index (χ0n) is 11.8.